The maximum Gasteiger partial charge on any atom is 0.416 e. The number of thioether (sulfide) groups is 1. The Morgan fingerprint density at radius 1 is 1.00 bits per heavy atom. The molecule has 2 saturated carbocycles. The summed E-state index contributed by atoms with van der Waals surface area (Å²) in [4.78, 5) is 45.4. The predicted molar refractivity (Wildman–Crippen MR) is 127 cm³/mol. The first kappa shape index (κ1) is 21.9. The Hall–Kier alpha value is -2.37. The van der Waals surface area contributed by atoms with Crippen LogP contribution in [0.1, 0.15) is 27.7 Å². The number of halogens is 3. The summed E-state index contributed by atoms with van der Waals surface area (Å²) < 4.78 is 39.9. The fraction of sp³-hybridized carbons (Fsp3) is 0.375. The molecule has 7 atom stereocenters. The zero-order chi connectivity index (χ0) is 24.2. The molecule has 1 N–H and O–H groups in total. The van der Waals surface area contributed by atoms with Gasteiger partial charge in [-0.2, -0.15) is 13.2 Å². The van der Waals surface area contributed by atoms with Gasteiger partial charge >= 0.3 is 11.0 Å². The second kappa shape index (κ2) is 7.33. The van der Waals surface area contributed by atoms with E-state index in [4.69, 9.17) is 0 Å². The summed E-state index contributed by atoms with van der Waals surface area (Å²) in [6, 6.07) is 8.48. The van der Waals surface area contributed by atoms with Gasteiger partial charge in [-0.1, -0.05) is 23.5 Å². The second-order valence-electron chi connectivity index (χ2n) is 9.54. The van der Waals surface area contributed by atoms with Gasteiger partial charge in [-0.05, 0) is 53.8 Å². The minimum absolute atomic E-state index is 0.0162. The van der Waals surface area contributed by atoms with Gasteiger partial charge in [0.1, 0.15) is 0 Å². The third kappa shape index (κ3) is 2.97. The molecule has 35 heavy (non-hydrogen) atoms. The van der Waals surface area contributed by atoms with E-state index < -0.39 is 35.4 Å². The van der Waals surface area contributed by atoms with Crippen molar-refractivity contribution in [2.45, 2.75) is 28.8 Å². The molecule has 2 amide bonds. The third-order valence-electron chi connectivity index (χ3n) is 8.01. The summed E-state index contributed by atoms with van der Waals surface area (Å²) >= 11 is 4.42. The molecule has 3 fully saturated rings. The molecule has 0 radical (unpaired) electrons. The number of thiophene rings is 1. The molecule has 2 aliphatic heterocycles. The van der Waals surface area contributed by atoms with E-state index in [1.165, 1.54) is 23.5 Å². The van der Waals surface area contributed by atoms with Crippen LogP contribution in [0, 0.1) is 29.6 Å². The van der Waals surface area contributed by atoms with Gasteiger partial charge in [0, 0.05) is 20.9 Å². The summed E-state index contributed by atoms with van der Waals surface area (Å²) in [5, 5.41) is 2.90. The number of hydrogen-bond acceptors (Lipinski definition) is 6. The second-order valence-corrected chi connectivity index (χ2v) is 12.7. The third-order valence-corrected chi connectivity index (χ3v) is 11.5. The number of imide groups is 1. The molecule has 0 spiro atoms. The van der Waals surface area contributed by atoms with Crippen LogP contribution in [0.5, 0.6) is 0 Å². The highest BCUT2D eigenvalue weighted by atomic mass is 32.2. The van der Waals surface area contributed by atoms with Crippen molar-refractivity contribution in [2.24, 2.45) is 29.6 Å². The number of thiazole rings is 1. The molecule has 4 heterocycles. The average Bonchev–Trinajstić information content (AvgIpc) is 3.61. The van der Waals surface area contributed by atoms with Crippen molar-refractivity contribution >= 4 is 51.9 Å². The van der Waals surface area contributed by atoms with Gasteiger partial charge in [0.05, 0.1) is 28.1 Å². The number of anilines is 1. The number of carbonyl (C=O) groups is 2. The zero-order valence-electron chi connectivity index (χ0n) is 17.8. The standard InChI is InChI=1S/C24H17F3N2O3S3/c25-24(26,27)9-3-1-4-10(7-9)29-21(30)15-11-8-12(16(15)22(29)31)18-14(11)17(13-5-2-6-33-13)19-20(34-18)28-23(32)35-19/h1-7,11-12,14-18H,8H2,(H,28,32)/t11-,12-,14-,15+,16-,17+,18+/m1/s1. The van der Waals surface area contributed by atoms with Crippen LogP contribution in [0.4, 0.5) is 18.9 Å². The molecule has 3 aromatic rings. The Labute approximate surface area is 209 Å². The number of aromatic amines is 1. The Bertz CT molecular complexity index is 1430. The zero-order valence-corrected chi connectivity index (χ0v) is 20.3. The molecule has 2 bridgehead atoms. The maximum atomic E-state index is 13.6. The minimum Gasteiger partial charge on any atom is -0.307 e. The number of alkyl halides is 3. The van der Waals surface area contributed by atoms with E-state index in [9.17, 15) is 27.6 Å². The van der Waals surface area contributed by atoms with Gasteiger partial charge in [-0.3, -0.25) is 19.3 Å². The van der Waals surface area contributed by atoms with Gasteiger partial charge in [0.15, 0.2) is 0 Å². The fourth-order valence-electron chi connectivity index (χ4n) is 6.88. The number of nitrogens with zero attached hydrogens (tertiary/aromatic N) is 1. The fourth-order valence-corrected chi connectivity index (χ4v) is 10.7. The maximum absolute atomic E-state index is 13.6. The van der Waals surface area contributed by atoms with E-state index in [-0.39, 0.29) is 39.5 Å². The van der Waals surface area contributed by atoms with Crippen LogP contribution in [0.3, 0.4) is 0 Å². The number of nitrogens with one attached hydrogen (secondary N) is 1. The number of aromatic nitrogens is 1. The van der Waals surface area contributed by atoms with Crippen LogP contribution in [-0.2, 0) is 15.8 Å². The van der Waals surface area contributed by atoms with Crippen LogP contribution >= 0.6 is 34.4 Å². The van der Waals surface area contributed by atoms with Gasteiger partial charge < -0.3 is 4.98 Å². The quantitative estimate of drug-likeness (QED) is 0.459. The summed E-state index contributed by atoms with van der Waals surface area (Å²) in [6.45, 7) is 0. The summed E-state index contributed by atoms with van der Waals surface area (Å²) in [6.07, 6.45) is -3.82. The van der Waals surface area contributed by atoms with Gasteiger partial charge in [0.2, 0.25) is 11.8 Å². The van der Waals surface area contributed by atoms with Crippen molar-refractivity contribution in [3.05, 3.63) is 66.8 Å². The lowest BCUT2D eigenvalue weighted by Gasteiger charge is -2.42. The van der Waals surface area contributed by atoms with E-state index in [2.05, 4.69) is 11.1 Å². The largest absolute Gasteiger partial charge is 0.416 e. The highest BCUT2D eigenvalue weighted by Gasteiger charge is 2.69. The Morgan fingerprint density at radius 3 is 2.49 bits per heavy atom. The first-order valence-electron chi connectivity index (χ1n) is 11.2. The molecule has 7 rings (SSSR count). The smallest absolute Gasteiger partial charge is 0.307 e. The van der Waals surface area contributed by atoms with Gasteiger partial charge in [-0.15, -0.1) is 23.1 Å². The number of H-pyrrole nitrogens is 1. The monoisotopic (exact) mass is 534 g/mol. The van der Waals surface area contributed by atoms with E-state index >= 15 is 0 Å². The predicted octanol–water partition coefficient (Wildman–Crippen LogP) is 5.19. The first-order valence-corrected chi connectivity index (χ1v) is 13.8. The SMILES string of the molecule is O=C1[C@@H]2[C@H]3C[C@@H]([C@@H]2C(=O)N1c1cccc(C(F)(F)F)c1)[C@@H]1[C@H](c2cccs2)c2sc(=O)[nH]c2S[C@@H]31. The molecular formula is C24H17F3N2O3S3. The van der Waals surface area contributed by atoms with E-state index in [1.807, 2.05) is 11.4 Å². The van der Waals surface area contributed by atoms with Crippen LogP contribution in [-0.4, -0.2) is 22.0 Å². The number of amides is 2. The Morgan fingerprint density at radius 2 is 1.77 bits per heavy atom. The number of benzene rings is 1. The van der Waals surface area contributed by atoms with Crippen LogP contribution in [0.25, 0.3) is 0 Å². The molecule has 2 aromatic heterocycles. The Kier molecular flexibility index (Phi) is 4.58. The van der Waals surface area contributed by atoms with Crippen LogP contribution < -0.4 is 9.77 Å². The lowest BCUT2D eigenvalue weighted by molar-refractivity contribution is -0.137. The highest BCUT2D eigenvalue weighted by molar-refractivity contribution is 8.00. The van der Waals surface area contributed by atoms with Gasteiger partial charge in [0.25, 0.3) is 0 Å². The normalized spacial score (nSPS) is 33.2. The molecule has 0 unspecified atom stereocenters. The Balaban J connectivity index is 1.30. The molecule has 4 aliphatic rings. The summed E-state index contributed by atoms with van der Waals surface area (Å²) in [5.41, 5.74) is -0.900. The number of fused-ring (bicyclic) bond motifs is 9. The topological polar surface area (TPSA) is 70.2 Å². The molecular weight excluding hydrogens is 517 g/mol. The summed E-state index contributed by atoms with van der Waals surface area (Å²) in [7, 11) is 0. The van der Waals surface area contributed by atoms with Crippen molar-refractivity contribution in [2.75, 3.05) is 4.90 Å². The lowest BCUT2D eigenvalue weighted by Crippen LogP contribution is -2.42. The molecule has 2 aliphatic carbocycles. The average molecular weight is 535 g/mol. The van der Waals surface area contributed by atoms with Crippen molar-refractivity contribution < 1.29 is 22.8 Å². The van der Waals surface area contributed by atoms with Crippen molar-refractivity contribution in [3.63, 3.8) is 0 Å². The van der Waals surface area contributed by atoms with E-state index in [0.29, 0.717) is 0 Å². The molecule has 1 aromatic carbocycles. The van der Waals surface area contributed by atoms with Gasteiger partial charge in [-0.25, -0.2) is 0 Å². The summed E-state index contributed by atoms with van der Waals surface area (Å²) in [5.74, 6) is -1.94. The molecule has 5 nitrogen and oxygen atoms in total. The first-order chi connectivity index (χ1) is 16.7. The van der Waals surface area contributed by atoms with Crippen LogP contribution in [0.15, 0.2) is 51.6 Å². The van der Waals surface area contributed by atoms with E-state index in [1.54, 1.807) is 23.1 Å². The van der Waals surface area contributed by atoms with Crippen molar-refractivity contribution in [1.82, 2.24) is 4.98 Å². The molecule has 180 valence electrons. The number of carbonyl (C=O) groups excluding carboxylic acids is 2. The van der Waals surface area contributed by atoms with Crippen molar-refractivity contribution in [1.29, 1.82) is 0 Å². The van der Waals surface area contributed by atoms with Crippen molar-refractivity contribution in [3.8, 4) is 0 Å². The number of hydrogen-bond donors (Lipinski definition) is 1. The molecule has 1 saturated heterocycles. The highest BCUT2D eigenvalue weighted by Crippen LogP contribution is 2.69. The molecule has 11 heteroatoms. The minimum atomic E-state index is -4.56. The number of rotatable bonds is 2. The van der Waals surface area contributed by atoms with E-state index in [0.717, 1.165) is 38.2 Å². The lowest BCUT2D eigenvalue weighted by atomic mass is 9.69. The van der Waals surface area contributed by atoms with Crippen LogP contribution in [0.2, 0.25) is 0 Å².